The standard InChI is InChI=1S/C9H10Br2N2/c10-7-3-8(11)9(13-5-7)12-4-6-1-2-6/h3,5-6H,1-2,4H2,(H,12,13). The zero-order valence-electron chi connectivity index (χ0n) is 7.06. The quantitative estimate of drug-likeness (QED) is 0.925. The van der Waals surface area contributed by atoms with Crippen molar-refractivity contribution < 1.29 is 0 Å². The zero-order chi connectivity index (χ0) is 9.26. The van der Waals surface area contributed by atoms with Crippen LogP contribution in [0.25, 0.3) is 0 Å². The van der Waals surface area contributed by atoms with Crippen molar-refractivity contribution in [3.63, 3.8) is 0 Å². The Morgan fingerprint density at radius 2 is 2.23 bits per heavy atom. The molecule has 70 valence electrons. The Balaban J connectivity index is 2.01. The molecule has 0 aromatic carbocycles. The molecule has 0 atom stereocenters. The van der Waals surface area contributed by atoms with E-state index in [4.69, 9.17) is 0 Å². The lowest BCUT2D eigenvalue weighted by Gasteiger charge is -2.06. The van der Waals surface area contributed by atoms with Gasteiger partial charge in [0, 0.05) is 17.2 Å². The van der Waals surface area contributed by atoms with E-state index >= 15 is 0 Å². The molecule has 0 aliphatic heterocycles. The second-order valence-corrected chi connectivity index (χ2v) is 5.08. The number of nitrogens with zero attached hydrogens (tertiary/aromatic N) is 1. The van der Waals surface area contributed by atoms with E-state index in [1.165, 1.54) is 12.8 Å². The SMILES string of the molecule is Brc1cnc(NCC2CC2)c(Br)c1. The fourth-order valence-corrected chi connectivity index (χ4v) is 2.24. The van der Waals surface area contributed by atoms with Crippen LogP contribution in [0.15, 0.2) is 21.2 Å². The van der Waals surface area contributed by atoms with Crippen molar-refractivity contribution in [2.24, 2.45) is 5.92 Å². The summed E-state index contributed by atoms with van der Waals surface area (Å²) >= 11 is 6.83. The maximum Gasteiger partial charge on any atom is 0.140 e. The van der Waals surface area contributed by atoms with E-state index in [-0.39, 0.29) is 0 Å². The minimum atomic E-state index is 0.873. The molecule has 1 fully saturated rings. The van der Waals surface area contributed by atoms with Crippen molar-refractivity contribution in [2.45, 2.75) is 12.8 Å². The van der Waals surface area contributed by atoms with Gasteiger partial charge >= 0.3 is 0 Å². The summed E-state index contributed by atoms with van der Waals surface area (Å²) in [6.45, 7) is 1.05. The second-order valence-electron chi connectivity index (χ2n) is 3.31. The first-order chi connectivity index (χ1) is 6.25. The molecule has 1 heterocycles. The second kappa shape index (κ2) is 3.96. The fourth-order valence-electron chi connectivity index (χ4n) is 1.11. The summed E-state index contributed by atoms with van der Waals surface area (Å²) in [5, 5.41) is 3.32. The fraction of sp³-hybridized carbons (Fsp3) is 0.444. The van der Waals surface area contributed by atoms with Gasteiger partial charge in [0.05, 0.1) is 4.47 Å². The van der Waals surface area contributed by atoms with E-state index in [1.807, 2.05) is 6.07 Å². The molecule has 2 rings (SSSR count). The molecule has 0 saturated heterocycles. The number of halogens is 2. The van der Waals surface area contributed by atoms with Crippen LogP contribution in [-0.4, -0.2) is 11.5 Å². The van der Waals surface area contributed by atoms with E-state index < -0.39 is 0 Å². The van der Waals surface area contributed by atoms with E-state index in [2.05, 4.69) is 42.2 Å². The van der Waals surface area contributed by atoms with Crippen LogP contribution in [0, 0.1) is 5.92 Å². The van der Waals surface area contributed by atoms with Crippen molar-refractivity contribution in [3.8, 4) is 0 Å². The lowest BCUT2D eigenvalue weighted by atomic mass is 10.4. The maximum atomic E-state index is 4.27. The molecule has 1 N–H and O–H groups in total. The lowest BCUT2D eigenvalue weighted by Crippen LogP contribution is -2.05. The van der Waals surface area contributed by atoms with Crippen LogP contribution in [0.1, 0.15) is 12.8 Å². The number of hydrogen-bond acceptors (Lipinski definition) is 2. The highest BCUT2D eigenvalue weighted by Crippen LogP contribution is 2.30. The molecule has 0 radical (unpaired) electrons. The predicted molar refractivity (Wildman–Crippen MR) is 60.9 cm³/mol. The molecule has 1 aliphatic carbocycles. The zero-order valence-corrected chi connectivity index (χ0v) is 10.2. The average molecular weight is 306 g/mol. The lowest BCUT2D eigenvalue weighted by molar-refractivity contribution is 0.881. The van der Waals surface area contributed by atoms with Gasteiger partial charge in [0.15, 0.2) is 0 Å². The number of rotatable bonds is 3. The highest BCUT2D eigenvalue weighted by molar-refractivity contribution is 9.11. The molecule has 1 saturated carbocycles. The summed E-state index contributed by atoms with van der Waals surface area (Å²) in [5.41, 5.74) is 0. The van der Waals surface area contributed by atoms with E-state index in [0.717, 1.165) is 27.2 Å². The summed E-state index contributed by atoms with van der Waals surface area (Å²) in [4.78, 5) is 4.27. The van der Waals surface area contributed by atoms with Gasteiger partial charge in [-0.15, -0.1) is 0 Å². The van der Waals surface area contributed by atoms with Gasteiger partial charge in [0.2, 0.25) is 0 Å². The first kappa shape index (κ1) is 9.46. The molecular formula is C9H10Br2N2. The Labute approximate surface area is 94.4 Å². The number of anilines is 1. The van der Waals surface area contributed by atoms with Crippen molar-refractivity contribution >= 4 is 37.7 Å². The number of hydrogen-bond donors (Lipinski definition) is 1. The molecule has 0 spiro atoms. The minimum absolute atomic E-state index is 0.873. The Morgan fingerprint density at radius 1 is 1.46 bits per heavy atom. The van der Waals surface area contributed by atoms with Gasteiger partial charge in [-0.05, 0) is 56.7 Å². The molecule has 1 aliphatic rings. The number of aromatic nitrogens is 1. The van der Waals surface area contributed by atoms with Crippen LogP contribution >= 0.6 is 31.9 Å². The number of nitrogens with one attached hydrogen (secondary N) is 1. The Morgan fingerprint density at radius 3 is 2.85 bits per heavy atom. The molecule has 4 heteroatoms. The molecule has 0 unspecified atom stereocenters. The van der Waals surface area contributed by atoms with E-state index in [0.29, 0.717) is 0 Å². The van der Waals surface area contributed by atoms with E-state index in [9.17, 15) is 0 Å². The van der Waals surface area contributed by atoms with Gasteiger partial charge in [-0.2, -0.15) is 0 Å². The molecule has 0 bridgehead atoms. The van der Waals surface area contributed by atoms with Crippen LogP contribution in [0.5, 0.6) is 0 Å². The van der Waals surface area contributed by atoms with Gasteiger partial charge in [0.25, 0.3) is 0 Å². The normalized spacial score (nSPS) is 15.8. The smallest absolute Gasteiger partial charge is 0.140 e. The van der Waals surface area contributed by atoms with Crippen molar-refractivity contribution in [2.75, 3.05) is 11.9 Å². The molecule has 0 amide bonds. The largest absolute Gasteiger partial charge is 0.369 e. The maximum absolute atomic E-state index is 4.27. The summed E-state index contributed by atoms with van der Waals surface area (Å²) in [7, 11) is 0. The minimum Gasteiger partial charge on any atom is -0.369 e. The van der Waals surface area contributed by atoms with Crippen molar-refractivity contribution in [1.82, 2.24) is 4.98 Å². The van der Waals surface area contributed by atoms with Gasteiger partial charge < -0.3 is 5.32 Å². The number of pyridine rings is 1. The summed E-state index contributed by atoms with van der Waals surface area (Å²) in [5.74, 6) is 1.81. The van der Waals surface area contributed by atoms with Crippen LogP contribution in [0.4, 0.5) is 5.82 Å². The van der Waals surface area contributed by atoms with Crippen molar-refractivity contribution in [3.05, 3.63) is 21.2 Å². The van der Waals surface area contributed by atoms with Gasteiger partial charge in [-0.25, -0.2) is 4.98 Å². The molecular weight excluding hydrogens is 296 g/mol. The molecule has 13 heavy (non-hydrogen) atoms. The first-order valence-electron chi connectivity index (χ1n) is 4.30. The Bertz CT molecular complexity index is 310. The monoisotopic (exact) mass is 304 g/mol. The first-order valence-corrected chi connectivity index (χ1v) is 5.89. The summed E-state index contributed by atoms with van der Waals surface area (Å²) < 4.78 is 2.01. The summed E-state index contributed by atoms with van der Waals surface area (Å²) in [6, 6.07) is 2.00. The van der Waals surface area contributed by atoms with Gasteiger partial charge in [0.1, 0.15) is 5.82 Å². The highest BCUT2D eigenvalue weighted by atomic mass is 79.9. The van der Waals surface area contributed by atoms with Crippen LogP contribution in [0.3, 0.4) is 0 Å². The predicted octanol–water partition coefficient (Wildman–Crippen LogP) is 3.43. The van der Waals surface area contributed by atoms with Crippen LogP contribution < -0.4 is 5.32 Å². The Kier molecular flexibility index (Phi) is 2.89. The average Bonchev–Trinajstić information content (AvgIpc) is 2.86. The highest BCUT2D eigenvalue weighted by Gasteiger charge is 2.20. The topological polar surface area (TPSA) is 24.9 Å². The van der Waals surface area contributed by atoms with Gasteiger partial charge in [-0.3, -0.25) is 0 Å². The van der Waals surface area contributed by atoms with Gasteiger partial charge in [-0.1, -0.05) is 0 Å². The molecule has 2 nitrogen and oxygen atoms in total. The third-order valence-electron chi connectivity index (χ3n) is 2.06. The molecule has 1 aromatic rings. The van der Waals surface area contributed by atoms with Crippen molar-refractivity contribution in [1.29, 1.82) is 0 Å². The third-order valence-corrected chi connectivity index (χ3v) is 3.10. The summed E-state index contributed by atoms with van der Waals surface area (Å²) in [6.07, 6.45) is 4.53. The Hall–Kier alpha value is -0.0900. The van der Waals surface area contributed by atoms with E-state index in [1.54, 1.807) is 6.20 Å². The van der Waals surface area contributed by atoms with Crippen LogP contribution in [0.2, 0.25) is 0 Å². The van der Waals surface area contributed by atoms with Crippen LogP contribution in [-0.2, 0) is 0 Å². The molecule has 1 aromatic heterocycles. The third kappa shape index (κ3) is 2.68.